The van der Waals surface area contributed by atoms with Crippen LogP contribution in [0.25, 0.3) is 5.69 Å². The van der Waals surface area contributed by atoms with Gasteiger partial charge in [-0.1, -0.05) is 0 Å². The third-order valence-electron chi connectivity index (χ3n) is 1.99. The summed E-state index contributed by atoms with van der Waals surface area (Å²) in [6, 6.07) is 5.00. The number of nitrogens with zero attached hydrogens (tertiary/aromatic N) is 2. The van der Waals surface area contributed by atoms with Crippen molar-refractivity contribution in [2.45, 2.75) is 6.92 Å². The van der Waals surface area contributed by atoms with Crippen molar-refractivity contribution >= 4 is 5.69 Å². The van der Waals surface area contributed by atoms with E-state index in [4.69, 9.17) is 5.73 Å². The van der Waals surface area contributed by atoms with E-state index in [2.05, 4.69) is 5.10 Å². The fourth-order valence-corrected chi connectivity index (χ4v) is 1.24. The number of aromatic hydroxyl groups is 1. The van der Waals surface area contributed by atoms with Gasteiger partial charge in [0.2, 0.25) is 0 Å². The molecular formula is C10H11N3O. The molecule has 4 heteroatoms. The third-order valence-corrected chi connectivity index (χ3v) is 1.99. The molecule has 72 valence electrons. The Kier molecular flexibility index (Phi) is 1.89. The van der Waals surface area contributed by atoms with E-state index in [0.717, 1.165) is 11.3 Å². The molecule has 0 aliphatic carbocycles. The van der Waals surface area contributed by atoms with Gasteiger partial charge in [0.1, 0.15) is 5.75 Å². The number of phenolic OH excluding ortho intramolecular Hbond substituents is 1. The molecule has 0 radical (unpaired) electrons. The summed E-state index contributed by atoms with van der Waals surface area (Å²) in [5.74, 6) is 0.0950. The third kappa shape index (κ3) is 1.42. The highest BCUT2D eigenvalue weighted by Crippen LogP contribution is 2.22. The fourth-order valence-electron chi connectivity index (χ4n) is 1.24. The maximum Gasteiger partial charge on any atom is 0.138 e. The van der Waals surface area contributed by atoms with E-state index in [1.54, 1.807) is 29.1 Å². The van der Waals surface area contributed by atoms with E-state index in [1.165, 1.54) is 0 Å². The molecule has 0 amide bonds. The van der Waals surface area contributed by atoms with Crippen molar-refractivity contribution in [2.24, 2.45) is 0 Å². The molecule has 0 aliphatic rings. The summed E-state index contributed by atoms with van der Waals surface area (Å²) in [7, 11) is 0. The van der Waals surface area contributed by atoms with Crippen LogP contribution in [0.15, 0.2) is 30.6 Å². The Bertz CT molecular complexity index is 462. The van der Waals surface area contributed by atoms with E-state index in [-0.39, 0.29) is 5.75 Å². The van der Waals surface area contributed by atoms with Crippen LogP contribution in [0.5, 0.6) is 5.75 Å². The van der Waals surface area contributed by atoms with E-state index >= 15 is 0 Å². The molecule has 0 bridgehead atoms. The Morgan fingerprint density at radius 3 is 2.79 bits per heavy atom. The lowest BCUT2D eigenvalue weighted by molar-refractivity contribution is 0.478. The summed E-state index contributed by atoms with van der Waals surface area (Å²) in [6.45, 7) is 1.97. The van der Waals surface area contributed by atoms with E-state index in [9.17, 15) is 5.11 Å². The van der Waals surface area contributed by atoms with Crippen LogP contribution in [0.3, 0.4) is 0 Å². The maximum atomic E-state index is 9.24. The summed E-state index contributed by atoms with van der Waals surface area (Å²) < 4.78 is 1.71. The predicted octanol–water partition coefficient (Wildman–Crippen LogP) is 1.47. The van der Waals surface area contributed by atoms with Gasteiger partial charge < -0.3 is 10.8 Å². The highest BCUT2D eigenvalue weighted by Gasteiger charge is 2.01. The Morgan fingerprint density at radius 1 is 1.43 bits per heavy atom. The smallest absolute Gasteiger partial charge is 0.138 e. The van der Waals surface area contributed by atoms with Crippen molar-refractivity contribution in [3.05, 3.63) is 36.2 Å². The monoisotopic (exact) mass is 189 g/mol. The van der Waals surface area contributed by atoms with Gasteiger partial charge in [-0.05, 0) is 30.7 Å². The number of hydrogen-bond acceptors (Lipinski definition) is 3. The number of hydrogen-bond donors (Lipinski definition) is 2. The highest BCUT2D eigenvalue weighted by molar-refractivity contribution is 5.57. The molecule has 2 rings (SSSR count). The van der Waals surface area contributed by atoms with Crippen LogP contribution in [0.2, 0.25) is 0 Å². The minimum absolute atomic E-state index is 0.0950. The first-order valence-corrected chi connectivity index (χ1v) is 4.27. The van der Waals surface area contributed by atoms with Crippen LogP contribution in [-0.2, 0) is 0 Å². The molecular weight excluding hydrogens is 178 g/mol. The van der Waals surface area contributed by atoms with Gasteiger partial charge in [-0.25, -0.2) is 4.68 Å². The van der Waals surface area contributed by atoms with Crippen molar-refractivity contribution in [3.8, 4) is 11.4 Å². The van der Waals surface area contributed by atoms with Crippen molar-refractivity contribution in [1.29, 1.82) is 0 Å². The summed E-state index contributed by atoms with van der Waals surface area (Å²) in [5, 5.41) is 13.4. The van der Waals surface area contributed by atoms with Gasteiger partial charge in [-0.15, -0.1) is 0 Å². The zero-order valence-electron chi connectivity index (χ0n) is 7.81. The zero-order valence-corrected chi connectivity index (χ0v) is 7.81. The average molecular weight is 189 g/mol. The van der Waals surface area contributed by atoms with E-state index in [0.29, 0.717) is 5.69 Å². The van der Waals surface area contributed by atoms with Crippen LogP contribution in [0.1, 0.15) is 5.56 Å². The second-order valence-electron chi connectivity index (χ2n) is 3.21. The Labute approximate surface area is 81.6 Å². The number of aromatic nitrogens is 2. The average Bonchev–Trinajstić information content (AvgIpc) is 2.57. The maximum absolute atomic E-state index is 9.24. The summed E-state index contributed by atoms with van der Waals surface area (Å²) in [4.78, 5) is 0. The molecule has 1 heterocycles. The van der Waals surface area contributed by atoms with Gasteiger partial charge in [-0.3, -0.25) is 0 Å². The largest absolute Gasteiger partial charge is 0.506 e. The molecule has 14 heavy (non-hydrogen) atoms. The van der Waals surface area contributed by atoms with Crippen LogP contribution < -0.4 is 5.73 Å². The number of nitrogen functional groups attached to an aromatic ring is 1. The molecule has 0 saturated heterocycles. The Balaban J connectivity index is 2.47. The molecule has 4 nitrogen and oxygen atoms in total. The first-order valence-electron chi connectivity index (χ1n) is 4.27. The standard InChI is InChI=1S/C10H11N3O/c1-7-5-12-13(6-7)8-2-3-10(14)9(11)4-8/h2-6,14H,11H2,1H3. The molecule has 0 spiro atoms. The fraction of sp³-hybridized carbons (Fsp3) is 0.100. The number of nitrogens with two attached hydrogens (primary N) is 1. The number of anilines is 1. The molecule has 0 aliphatic heterocycles. The van der Waals surface area contributed by atoms with Gasteiger partial charge >= 0.3 is 0 Å². The molecule has 0 unspecified atom stereocenters. The number of phenols is 1. The number of rotatable bonds is 1. The lowest BCUT2D eigenvalue weighted by atomic mass is 10.2. The first kappa shape index (κ1) is 8.62. The first-order chi connectivity index (χ1) is 6.66. The topological polar surface area (TPSA) is 64.1 Å². The quantitative estimate of drug-likeness (QED) is 0.527. The Morgan fingerprint density at radius 2 is 2.21 bits per heavy atom. The van der Waals surface area contributed by atoms with Gasteiger partial charge in [0, 0.05) is 6.20 Å². The minimum Gasteiger partial charge on any atom is -0.506 e. The SMILES string of the molecule is Cc1cnn(-c2ccc(O)c(N)c2)c1. The number of aryl methyl sites for hydroxylation is 1. The molecule has 2 aromatic rings. The molecule has 0 atom stereocenters. The molecule has 1 aromatic carbocycles. The van der Waals surface area contributed by atoms with Crippen molar-refractivity contribution < 1.29 is 5.11 Å². The van der Waals surface area contributed by atoms with Crippen LogP contribution >= 0.6 is 0 Å². The summed E-state index contributed by atoms with van der Waals surface area (Å²) in [6.07, 6.45) is 3.66. The Hall–Kier alpha value is -1.97. The molecule has 3 N–H and O–H groups in total. The van der Waals surface area contributed by atoms with Gasteiger partial charge in [0.25, 0.3) is 0 Å². The second-order valence-corrected chi connectivity index (χ2v) is 3.21. The van der Waals surface area contributed by atoms with Crippen LogP contribution in [-0.4, -0.2) is 14.9 Å². The lowest BCUT2D eigenvalue weighted by Crippen LogP contribution is -1.95. The van der Waals surface area contributed by atoms with Crippen LogP contribution in [0, 0.1) is 6.92 Å². The van der Waals surface area contributed by atoms with Crippen LogP contribution in [0.4, 0.5) is 5.69 Å². The highest BCUT2D eigenvalue weighted by atomic mass is 16.3. The summed E-state index contributed by atoms with van der Waals surface area (Å²) in [5.41, 5.74) is 7.85. The minimum atomic E-state index is 0.0950. The van der Waals surface area contributed by atoms with Gasteiger partial charge in [0.05, 0.1) is 17.6 Å². The normalized spacial score (nSPS) is 10.4. The zero-order chi connectivity index (χ0) is 10.1. The van der Waals surface area contributed by atoms with Crippen molar-refractivity contribution in [3.63, 3.8) is 0 Å². The van der Waals surface area contributed by atoms with Crippen molar-refractivity contribution in [1.82, 2.24) is 9.78 Å². The van der Waals surface area contributed by atoms with E-state index < -0.39 is 0 Å². The summed E-state index contributed by atoms with van der Waals surface area (Å²) >= 11 is 0. The molecule has 0 saturated carbocycles. The number of benzene rings is 1. The van der Waals surface area contributed by atoms with Crippen molar-refractivity contribution in [2.75, 3.05) is 5.73 Å². The second kappa shape index (κ2) is 3.06. The molecule has 0 fully saturated rings. The molecule has 1 aromatic heterocycles. The van der Waals surface area contributed by atoms with Gasteiger partial charge in [0.15, 0.2) is 0 Å². The van der Waals surface area contributed by atoms with Gasteiger partial charge in [-0.2, -0.15) is 5.10 Å². The van der Waals surface area contributed by atoms with E-state index in [1.807, 2.05) is 13.1 Å². The lowest BCUT2D eigenvalue weighted by Gasteiger charge is -2.03. The predicted molar refractivity (Wildman–Crippen MR) is 54.4 cm³/mol.